The number of hydrogen-bond donors (Lipinski definition) is 3. The first-order valence-corrected chi connectivity index (χ1v) is 6.49. The van der Waals surface area contributed by atoms with E-state index in [1.807, 2.05) is 0 Å². The average Bonchev–Trinajstić information content (AvgIpc) is 2.81. The number of carboxylic acid groups (broad SMARTS) is 1. The Morgan fingerprint density at radius 3 is 2.40 bits per heavy atom. The molecule has 1 aromatic rings. The fraction of sp³-hybridized carbons (Fsp3) is 0.333. The van der Waals surface area contributed by atoms with Crippen LogP contribution < -0.4 is 11.1 Å². The number of hydrogen-bond acceptors (Lipinski definition) is 4. The Morgan fingerprint density at radius 2 is 1.95 bits per heavy atom. The number of benzene rings is 1. The molecule has 4 N–H and O–H groups in total. The summed E-state index contributed by atoms with van der Waals surface area (Å²) in [5.74, 6) is -1.63. The molecule has 6 nitrogen and oxygen atoms in total. The second-order valence-electron chi connectivity index (χ2n) is 4.53. The van der Waals surface area contributed by atoms with Crippen LogP contribution in [0.25, 0.3) is 0 Å². The Kier molecular flexibility index (Phi) is 4.19. The molecule has 8 heteroatoms. The van der Waals surface area contributed by atoms with Gasteiger partial charge in [-0.15, -0.1) is 0 Å². The molecule has 1 amide bonds. The molecule has 1 saturated heterocycles. The first-order chi connectivity index (χ1) is 9.33. The number of nitrogens with one attached hydrogen (secondary N) is 1. The van der Waals surface area contributed by atoms with Crippen LogP contribution in [0.1, 0.15) is 16.8 Å². The van der Waals surface area contributed by atoms with Crippen molar-refractivity contribution in [2.75, 3.05) is 18.5 Å². The van der Waals surface area contributed by atoms with Gasteiger partial charge in [-0.1, -0.05) is 23.2 Å². The van der Waals surface area contributed by atoms with E-state index in [1.54, 1.807) is 0 Å². The summed E-state index contributed by atoms with van der Waals surface area (Å²) in [6.07, 6.45) is 0.390. The molecule has 20 heavy (non-hydrogen) atoms. The van der Waals surface area contributed by atoms with E-state index in [2.05, 4.69) is 5.32 Å². The van der Waals surface area contributed by atoms with E-state index in [0.717, 1.165) is 0 Å². The summed E-state index contributed by atoms with van der Waals surface area (Å²) >= 11 is 11.9. The Balaban J connectivity index is 2.26. The van der Waals surface area contributed by atoms with E-state index in [0.29, 0.717) is 13.0 Å². The quantitative estimate of drug-likeness (QED) is 0.788. The van der Waals surface area contributed by atoms with Gasteiger partial charge in [0.1, 0.15) is 5.54 Å². The van der Waals surface area contributed by atoms with Crippen molar-refractivity contribution < 1.29 is 19.4 Å². The number of amides is 1. The fourth-order valence-electron chi connectivity index (χ4n) is 1.81. The molecule has 108 valence electrons. The van der Waals surface area contributed by atoms with Crippen LogP contribution in [0.3, 0.4) is 0 Å². The maximum absolute atomic E-state index is 12.1. The molecule has 0 spiro atoms. The van der Waals surface area contributed by atoms with Crippen molar-refractivity contribution in [3.8, 4) is 0 Å². The van der Waals surface area contributed by atoms with Crippen molar-refractivity contribution >= 4 is 40.8 Å². The minimum atomic E-state index is -1.16. The normalized spacial score (nSPS) is 21.8. The summed E-state index contributed by atoms with van der Waals surface area (Å²) in [5.41, 5.74) is 4.86. The number of nitrogens with two attached hydrogens (primary N) is 1. The zero-order valence-electron chi connectivity index (χ0n) is 10.3. The standard InChI is InChI=1S/C12H12Cl2N2O4/c13-7-3-6(10(17)18)4-8(14)9(7)16-11(19)12(15)1-2-20-5-12/h3-4H,1-2,5,15H2,(H,16,19)(H,17,18). The third-order valence-electron chi connectivity index (χ3n) is 3.03. The van der Waals surface area contributed by atoms with E-state index >= 15 is 0 Å². The van der Waals surface area contributed by atoms with E-state index < -0.39 is 17.4 Å². The van der Waals surface area contributed by atoms with Crippen LogP contribution >= 0.6 is 23.2 Å². The van der Waals surface area contributed by atoms with Crippen LogP contribution in [0, 0.1) is 0 Å². The molecule has 0 saturated carbocycles. The highest BCUT2D eigenvalue weighted by Gasteiger charge is 2.38. The van der Waals surface area contributed by atoms with E-state index in [1.165, 1.54) is 12.1 Å². The summed E-state index contributed by atoms with van der Waals surface area (Å²) in [5, 5.41) is 11.5. The van der Waals surface area contributed by atoms with Crippen LogP contribution in [0.5, 0.6) is 0 Å². The van der Waals surface area contributed by atoms with Crippen LogP contribution in [0.4, 0.5) is 5.69 Å². The Labute approximate surface area is 124 Å². The minimum Gasteiger partial charge on any atom is -0.478 e. The molecule has 1 aliphatic rings. The van der Waals surface area contributed by atoms with Crippen molar-refractivity contribution in [1.29, 1.82) is 0 Å². The van der Waals surface area contributed by atoms with Gasteiger partial charge in [0.05, 0.1) is 27.9 Å². The monoisotopic (exact) mass is 318 g/mol. The number of ether oxygens (including phenoxy) is 1. The smallest absolute Gasteiger partial charge is 0.335 e. The SMILES string of the molecule is NC1(C(=O)Nc2c(Cl)cc(C(=O)O)cc2Cl)CCOC1. The van der Waals surface area contributed by atoms with E-state index in [-0.39, 0.29) is 27.9 Å². The molecule has 2 rings (SSSR count). The summed E-state index contributed by atoms with van der Waals surface area (Å²) in [4.78, 5) is 23.0. The second-order valence-corrected chi connectivity index (χ2v) is 5.35. The number of anilines is 1. The Bertz CT molecular complexity index is 548. The maximum Gasteiger partial charge on any atom is 0.335 e. The lowest BCUT2D eigenvalue weighted by Gasteiger charge is -2.21. The highest BCUT2D eigenvalue weighted by Crippen LogP contribution is 2.33. The van der Waals surface area contributed by atoms with Gasteiger partial charge in [0.25, 0.3) is 0 Å². The molecule has 0 aromatic heterocycles. The number of aromatic carboxylic acids is 1. The molecule has 1 aromatic carbocycles. The predicted molar refractivity (Wildman–Crippen MR) is 74.4 cm³/mol. The van der Waals surface area contributed by atoms with E-state index in [9.17, 15) is 9.59 Å². The van der Waals surface area contributed by atoms with Gasteiger partial charge in [-0.2, -0.15) is 0 Å². The molecule has 0 radical (unpaired) electrons. The molecule has 0 aliphatic carbocycles. The van der Waals surface area contributed by atoms with Gasteiger partial charge in [-0.05, 0) is 18.6 Å². The molecular weight excluding hydrogens is 307 g/mol. The van der Waals surface area contributed by atoms with Gasteiger partial charge in [-0.3, -0.25) is 4.79 Å². The van der Waals surface area contributed by atoms with Crippen LogP contribution in [0.2, 0.25) is 10.0 Å². The first-order valence-electron chi connectivity index (χ1n) is 5.74. The fourth-order valence-corrected chi connectivity index (χ4v) is 2.40. The average molecular weight is 319 g/mol. The zero-order valence-corrected chi connectivity index (χ0v) is 11.8. The van der Waals surface area contributed by atoms with Crippen LogP contribution in [-0.2, 0) is 9.53 Å². The number of carboxylic acids is 1. The lowest BCUT2D eigenvalue weighted by Crippen LogP contribution is -2.51. The third-order valence-corrected chi connectivity index (χ3v) is 3.63. The lowest BCUT2D eigenvalue weighted by atomic mass is 9.99. The summed E-state index contributed by atoms with van der Waals surface area (Å²) < 4.78 is 5.10. The number of halogens is 2. The van der Waals surface area contributed by atoms with Crippen molar-refractivity contribution in [1.82, 2.24) is 0 Å². The third kappa shape index (κ3) is 2.88. The van der Waals surface area contributed by atoms with Crippen LogP contribution in [-0.4, -0.2) is 35.7 Å². The van der Waals surface area contributed by atoms with Crippen molar-refractivity contribution in [2.45, 2.75) is 12.0 Å². The van der Waals surface area contributed by atoms with E-state index in [4.69, 9.17) is 38.8 Å². The molecule has 1 atom stereocenters. The lowest BCUT2D eigenvalue weighted by molar-refractivity contribution is -0.121. The molecular formula is C12H12Cl2N2O4. The molecule has 0 bridgehead atoms. The van der Waals surface area contributed by atoms with Gasteiger partial charge in [-0.25, -0.2) is 4.79 Å². The van der Waals surface area contributed by atoms with Crippen LogP contribution in [0.15, 0.2) is 12.1 Å². The topological polar surface area (TPSA) is 102 Å². The molecule has 1 aliphatic heterocycles. The van der Waals surface area contributed by atoms with Gasteiger partial charge in [0.15, 0.2) is 0 Å². The van der Waals surface area contributed by atoms with Crippen molar-refractivity contribution in [3.05, 3.63) is 27.7 Å². The molecule has 1 fully saturated rings. The van der Waals surface area contributed by atoms with Crippen molar-refractivity contribution in [2.24, 2.45) is 5.73 Å². The Hall–Kier alpha value is -1.34. The van der Waals surface area contributed by atoms with Gasteiger partial charge in [0, 0.05) is 6.61 Å². The minimum absolute atomic E-state index is 0.0331. The largest absolute Gasteiger partial charge is 0.478 e. The maximum atomic E-state index is 12.1. The highest BCUT2D eigenvalue weighted by atomic mass is 35.5. The summed E-state index contributed by atoms with van der Waals surface area (Å²) in [6.45, 7) is 0.518. The number of carbonyl (C=O) groups excluding carboxylic acids is 1. The summed E-state index contributed by atoms with van der Waals surface area (Å²) in [7, 11) is 0. The Morgan fingerprint density at radius 1 is 1.35 bits per heavy atom. The number of rotatable bonds is 3. The molecule has 1 heterocycles. The second kappa shape index (κ2) is 5.57. The predicted octanol–water partition coefficient (Wildman–Crippen LogP) is 1.75. The summed E-state index contributed by atoms with van der Waals surface area (Å²) in [6, 6.07) is 2.42. The zero-order chi connectivity index (χ0) is 14.9. The molecule has 1 unspecified atom stereocenters. The first kappa shape index (κ1) is 15.1. The highest BCUT2D eigenvalue weighted by molar-refractivity contribution is 6.40. The van der Waals surface area contributed by atoms with Gasteiger partial charge < -0.3 is 20.9 Å². The van der Waals surface area contributed by atoms with Gasteiger partial charge in [0.2, 0.25) is 5.91 Å². The van der Waals surface area contributed by atoms with Crippen molar-refractivity contribution in [3.63, 3.8) is 0 Å². The number of carbonyl (C=O) groups is 2. The van der Waals surface area contributed by atoms with Gasteiger partial charge >= 0.3 is 5.97 Å².